The Hall–Kier alpha value is -2.60. The van der Waals surface area contributed by atoms with Crippen molar-refractivity contribution in [2.45, 2.75) is 13.0 Å². The third-order valence-electron chi connectivity index (χ3n) is 3.91. The normalized spacial score (nSPS) is 12.0. The number of ether oxygens (including phenoxy) is 1. The molecule has 0 saturated heterocycles. The van der Waals surface area contributed by atoms with E-state index in [-0.39, 0.29) is 17.7 Å². The van der Waals surface area contributed by atoms with Crippen LogP contribution >= 0.6 is 0 Å². The number of hydrogen-bond donors (Lipinski definition) is 2. The largest absolute Gasteiger partial charge is 0.497 e. The fourth-order valence-corrected chi connectivity index (χ4v) is 2.44. The maximum atomic E-state index is 12.2. The van der Waals surface area contributed by atoms with E-state index in [1.54, 1.807) is 19.4 Å². The molecule has 0 aliphatic carbocycles. The molecule has 1 amide bonds. The van der Waals surface area contributed by atoms with Crippen LogP contribution in [0.4, 0.5) is 0 Å². The van der Waals surface area contributed by atoms with Gasteiger partial charge in [-0.2, -0.15) is 0 Å². The number of hydrogen-bond acceptors (Lipinski definition) is 4. The van der Waals surface area contributed by atoms with Gasteiger partial charge in [-0.3, -0.25) is 9.59 Å². The first-order valence-corrected chi connectivity index (χ1v) is 7.70. The van der Waals surface area contributed by atoms with E-state index < -0.39 is 0 Å². The summed E-state index contributed by atoms with van der Waals surface area (Å²) in [6.07, 6.45) is 1.55. The Labute approximate surface area is 141 Å². The highest BCUT2D eigenvalue weighted by Gasteiger charge is 2.17. The van der Waals surface area contributed by atoms with E-state index in [1.165, 1.54) is 6.92 Å². The lowest BCUT2D eigenvalue weighted by Gasteiger charge is -2.25. The number of amides is 1. The third-order valence-corrected chi connectivity index (χ3v) is 3.91. The van der Waals surface area contributed by atoms with Crippen LogP contribution in [0.15, 0.2) is 36.5 Å². The summed E-state index contributed by atoms with van der Waals surface area (Å²) in [7, 11) is 5.55. The molecule has 0 unspecified atom stereocenters. The number of rotatable bonds is 7. The van der Waals surface area contributed by atoms with Gasteiger partial charge < -0.3 is 19.9 Å². The van der Waals surface area contributed by atoms with Gasteiger partial charge in [0.25, 0.3) is 5.91 Å². The molecule has 2 aromatic rings. The Morgan fingerprint density at radius 3 is 2.42 bits per heavy atom. The molecule has 0 spiro atoms. The Bertz CT molecular complexity index is 705. The number of carbonyl (C=O) groups excluding carboxylic acids is 2. The van der Waals surface area contributed by atoms with Gasteiger partial charge in [0.1, 0.15) is 11.4 Å². The van der Waals surface area contributed by atoms with Crippen molar-refractivity contribution in [1.29, 1.82) is 0 Å². The first-order valence-electron chi connectivity index (χ1n) is 7.70. The van der Waals surface area contributed by atoms with Crippen molar-refractivity contribution in [1.82, 2.24) is 15.2 Å². The molecule has 128 valence electrons. The number of nitrogens with one attached hydrogen (secondary N) is 2. The van der Waals surface area contributed by atoms with Crippen LogP contribution in [-0.4, -0.2) is 49.3 Å². The van der Waals surface area contributed by atoms with Crippen molar-refractivity contribution in [3.63, 3.8) is 0 Å². The molecule has 1 aromatic carbocycles. The second kappa shape index (κ2) is 7.79. The minimum atomic E-state index is -0.233. The van der Waals surface area contributed by atoms with E-state index in [1.807, 2.05) is 43.3 Å². The van der Waals surface area contributed by atoms with Gasteiger partial charge in [-0.1, -0.05) is 12.1 Å². The molecule has 2 rings (SSSR count). The molecule has 0 fully saturated rings. The fraction of sp³-hybridized carbons (Fsp3) is 0.333. The molecule has 0 aliphatic heterocycles. The van der Waals surface area contributed by atoms with Crippen molar-refractivity contribution in [3.8, 4) is 5.75 Å². The number of aromatic amines is 1. The van der Waals surface area contributed by atoms with E-state index in [2.05, 4.69) is 10.3 Å². The number of aromatic nitrogens is 1. The highest BCUT2D eigenvalue weighted by Crippen LogP contribution is 2.20. The van der Waals surface area contributed by atoms with Crippen molar-refractivity contribution < 1.29 is 14.3 Å². The van der Waals surface area contributed by atoms with Gasteiger partial charge >= 0.3 is 0 Å². The zero-order valence-corrected chi connectivity index (χ0v) is 14.4. The molecule has 1 atom stereocenters. The van der Waals surface area contributed by atoms with Crippen LogP contribution < -0.4 is 10.1 Å². The number of carbonyl (C=O) groups is 2. The summed E-state index contributed by atoms with van der Waals surface area (Å²) in [4.78, 5) is 28.4. The highest BCUT2D eigenvalue weighted by atomic mass is 16.5. The molecule has 6 nitrogen and oxygen atoms in total. The van der Waals surface area contributed by atoms with Crippen molar-refractivity contribution in [3.05, 3.63) is 53.3 Å². The minimum absolute atomic E-state index is 0.0297. The SMILES string of the molecule is COc1ccc([C@@H](CNC(=O)c2cc(C(C)=O)c[nH]2)N(C)C)cc1. The molecule has 24 heavy (non-hydrogen) atoms. The number of nitrogens with zero attached hydrogens (tertiary/aromatic N) is 1. The summed E-state index contributed by atoms with van der Waals surface area (Å²) in [5.41, 5.74) is 1.96. The lowest BCUT2D eigenvalue weighted by Crippen LogP contribution is -2.34. The molecular weight excluding hydrogens is 306 g/mol. The fourth-order valence-electron chi connectivity index (χ4n) is 2.44. The van der Waals surface area contributed by atoms with Gasteiger partial charge in [-0.25, -0.2) is 0 Å². The maximum Gasteiger partial charge on any atom is 0.267 e. The lowest BCUT2D eigenvalue weighted by atomic mass is 10.1. The second-order valence-electron chi connectivity index (χ2n) is 5.82. The number of benzene rings is 1. The highest BCUT2D eigenvalue weighted by molar-refractivity contribution is 5.99. The van der Waals surface area contributed by atoms with E-state index in [0.717, 1.165) is 11.3 Å². The number of likely N-dealkylation sites (N-methyl/N-ethyl adjacent to an activating group) is 1. The topological polar surface area (TPSA) is 74.4 Å². The quantitative estimate of drug-likeness (QED) is 0.764. The minimum Gasteiger partial charge on any atom is -0.497 e. The molecule has 0 radical (unpaired) electrons. The molecule has 2 N–H and O–H groups in total. The van der Waals surface area contributed by atoms with Gasteiger partial charge in [0.2, 0.25) is 0 Å². The molecule has 0 saturated carbocycles. The van der Waals surface area contributed by atoms with E-state index in [4.69, 9.17) is 4.74 Å². The lowest BCUT2D eigenvalue weighted by molar-refractivity contribution is 0.0937. The summed E-state index contributed by atoms with van der Waals surface area (Å²) in [5.74, 6) is 0.487. The molecule has 1 aromatic heterocycles. The smallest absolute Gasteiger partial charge is 0.267 e. The number of H-pyrrole nitrogens is 1. The molecule has 0 aliphatic rings. The van der Waals surface area contributed by atoms with Gasteiger partial charge in [0, 0.05) is 18.3 Å². The van der Waals surface area contributed by atoms with Crippen LogP contribution in [0.5, 0.6) is 5.75 Å². The van der Waals surface area contributed by atoms with Crippen LogP contribution in [-0.2, 0) is 0 Å². The average Bonchev–Trinajstić information content (AvgIpc) is 3.05. The summed E-state index contributed by atoms with van der Waals surface area (Å²) in [5, 5.41) is 2.91. The molecular formula is C18H23N3O3. The van der Waals surface area contributed by atoms with Crippen LogP contribution in [0.2, 0.25) is 0 Å². The van der Waals surface area contributed by atoms with E-state index >= 15 is 0 Å². The van der Waals surface area contributed by atoms with Crippen LogP contribution in [0.25, 0.3) is 0 Å². The average molecular weight is 329 g/mol. The van der Waals surface area contributed by atoms with Gasteiger partial charge in [0.05, 0.1) is 13.2 Å². The zero-order chi connectivity index (χ0) is 17.7. The third kappa shape index (κ3) is 4.23. The monoisotopic (exact) mass is 329 g/mol. The zero-order valence-electron chi connectivity index (χ0n) is 14.4. The Morgan fingerprint density at radius 2 is 1.92 bits per heavy atom. The van der Waals surface area contributed by atoms with Crippen LogP contribution in [0, 0.1) is 0 Å². The van der Waals surface area contributed by atoms with Gasteiger partial charge in [-0.15, -0.1) is 0 Å². The van der Waals surface area contributed by atoms with E-state index in [9.17, 15) is 9.59 Å². The first kappa shape index (κ1) is 17.7. The Morgan fingerprint density at radius 1 is 1.25 bits per heavy atom. The molecule has 1 heterocycles. The summed E-state index contributed by atoms with van der Waals surface area (Å²) >= 11 is 0. The van der Waals surface area contributed by atoms with Crippen molar-refractivity contribution >= 4 is 11.7 Å². The first-order chi connectivity index (χ1) is 11.4. The predicted octanol–water partition coefficient (Wildman–Crippen LogP) is 2.26. The van der Waals surface area contributed by atoms with Gasteiger partial charge in [0.15, 0.2) is 5.78 Å². The summed E-state index contributed by atoms with van der Waals surface area (Å²) in [6.45, 7) is 1.92. The summed E-state index contributed by atoms with van der Waals surface area (Å²) < 4.78 is 5.17. The van der Waals surface area contributed by atoms with Crippen molar-refractivity contribution in [2.75, 3.05) is 27.7 Å². The Kier molecular flexibility index (Phi) is 5.76. The summed E-state index contributed by atoms with van der Waals surface area (Å²) in [6, 6.07) is 9.36. The number of ketones is 1. The number of Topliss-reactive ketones (excluding diaryl/α,β-unsaturated/α-hetero) is 1. The van der Waals surface area contributed by atoms with Crippen LogP contribution in [0.1, 0.15) is 39.4 Å². The second-order valence-corrected chi connectivity index (χ2v) is 5.82. The maximum absolute atomic E-state index is 12.2. The van der Waals surface area contributed by atoms with Crippen molar-refractivity contribution in [2.24, 2.45) is 0 Å². The Balaban J connectivity index is 2.04. The molecule has 0 bridgehead atoms. The molecule has 6 heteroatoms. The number of methoxy groups -OCH3 is 1. The van der Waals surface area contributed by atoms with Crippen LogP contribution in [0.3, 0.4) is 0 Å². The van der Waals surface area contributed by atoms with E-state index in [0.29, 0.717) is 17.8 Å². The predicted molar refractivity (Wildman–Crippen MR) is 92.6 cm³/mol. The van der Waals surface area contributed by atoms with Gasteiger partial charge in [-0.05, 0) is 44.8 Å². The standard InChI is InChI=1S/C18H23N3O3/c1-12(22)14-9-16(19-10-14)18(23)20-11-17(21(2)3)13-5-7-15(24-4)8-6-13/h5-10,17,19H,11H2,1-4H3,(H,20,23)/t17-/m1/s1.